The van der Waals surface area contributed by atoms with Gasteiger partial charge >= 0.3 is 0 Å². The van der Waals surface area contributed by atoms with Crippen molar-refractivity contribution in [3.8, 4) is 0 Å². The van der Waals surface area contributed by atoms with Gasteiger partial charge in [0.05, 0.1) is 0 Å². The molecule has 0 saturated heterocycles. The van der Waals surface area contributed by atoms with Crippen LogP contribution in [0.15, 0.2) is 4.34 Å². The zero-order valence-electron chi connectivity index (χ0n) is 10.7. The molecule has 1 atom stereocenters. The number of thioether (sulfide) groups is 1. The topological polar surface area (TPSA) is 37.8 Å². The Bertz CT molecular complexity index is 317. The van der Waals surface area contributed by atoms with Gasteiger partial charge in [-0.2, -0.15) is 4.37 Å². The van der Waals surface area contributed by atoms with Crippen LogP contribution in [0.4, 0.5) is 0 Å². The van der Waals surface area contributed by atoms with Gasteiger partial charge in [0, 0.05) is 18.2 Å². The minimum atomic E-state index is 0.278. The highest BCUT2D eigenvalue weighted by Gasteiger charge is 2.23. The Morgan fingerprint density at radius 3 is 2.56 bits per heavy atom. The molecule has 0 aliphatic rings. The fourth-order valence-electron chi connectivity index (χ4n) is 1.36. The van der Waals surface area contributed by atoms with Crippen LogP contribution in [-0.2, 0) is 6.42 Å². The average Bonchev–Trinajstić information content (AvgIpc) is 2.64. The Morgan fingerprint density at radius 1 is 1.44 bits per heavy atom. The molecule has 5 heteroatoms. The molecule has 0 bridgehead atoms. The number of aryl methyl sites for hydroxylation is 1. The van der Waals surface area contributed by atoms with Crippen molar-refractivity contribution in [2.24, 2.45) is 5.41 Å². The number of aromatic nitrogens is 2. The van der Waals surface area contributed by atoms with Crippen LogP contribution in [0, 0.1) is 5.41 Å². The summed E-state index contributed by atoms with van der Waals surface area (Å²) in [4.78, 5) is 4.46. The lowest BCUT2D eigenvalue weighted by Crippen LogP contribution is -2.40. The molecular formula is C11H21N3S2. The third kappa shape index (κ3) is 4.03. The van der Waals surface area contributed by atoms with Crippen LogP contribution in [0.1, 0.15) is 33.5 Å². The summed E-state index contributed by atoms with van der Waals surface area (Å²) in [5.74, 6) is 2.00. The molecule has 1 aromatic rings. The first kappa shape index (κ1) is 13.9. The van der Waals surface area contributed by atoms with Crippen molar-refractivity contribution < 1.29 is 0 Å². The van der Waals surface area contributed by atoms with Gasteiger partial charge in [-0.15, -0.1) is 0 Å². The summed E-state index contributed by atoms with van der Waals surface area (Å²) in [5.41, 5.74) is 0.278. The Kier molecular flexibility index (Phi) is 5.21. The van der Waals surface area contributed by atoms with E-state index in [2.05, 4.69) is 42.4 Å². The fourth-order valence-corrected chi connectivity index (χ4v) is 3.53. The molecule has 0 aliphatic carbocycles. The molecule has 1 heterocycles. The highest BCUT2D eigenvalue weighted by Crippen LogP contribution is 2.27. The van der Waals surface area contributed by atoms with Gasteiger partial charge in [-0.05, 0) is 24.0 Å². The number of hydrogen-bond acceptors (Lipinski definition) is 5. The lowest BCUT2D eigenvalue weighted by Gasteiger charge is -2.29. The predicted octanol–water partition coefficient (Wildman–Crippen LogP) is 2.83. The summed E-state index contributed by atoms with van der Waals surface area (Å²) in [7, 11) is 2.02. The fraction of sp³-hybridized carbons (Fsp3) is 0.818. The first-order chi connectivity index (χ1) is 7.47. The van der Waals surface area contributed by atoms with Crippen LogP contribution in [-0.4, -0.2) is 28.2 Å². The second-order valence-electron chi connectivity index (χ2n) is 4.85. The highest BCUT2D eigenvalue weighted by atomic mass is 32.2. The van der Waals surface area contributed by atoms with Crippen molar-refractivity contribution in [3.05, 3.63) is 5.82 Å². The summed E-state index contributed by atoms with van der Waals surface area (Å²) in [6.07, 6.45) is 0.922. The zero-order valence-corrected chi connectivity index (χ0v) is 12.3. The van der Waals surface area contributed by atoms with Gasteiger partial charge in [0.15, 0.2) is 4.34 Å². The van der Waals surface area contributed by atoms with Gasteiger partial charge < -0.3 is 5.32 Å². The van der Waals surface area contributed by atoms with E-state index in [1.54, 1.807) is 11.8 Å². The maximum atomic E-state index is 4.46. The van der Waals surface area contributed by atoms with Crippen LogP contribution in [0.3, 0.4) is 0 Å². The zero-order chi connectivity index (χ0) is 12.2. The lowest BCUT2D eigenvalue weighted by molar-refractivity contribution is 0.305. The van der Waals surface area contributed by atoms with Gasteiger partial charge in [0.1, 0.15) is 5.82 Å². The lowest BCUT2D eigenvalue weighted by atomic mass is 9.88. The Hall–Kier alpha value is -0.130. The van der Waals surface area contributed by atoms with Gasteiger partial charge in [-0.1, -0.05) is 39.5 Å². The molecule has 0 aliphatic heterocycles. The molecule has 1 aromatic heterocycles. The summed E-state index contributed by atoms with van der Waals surface area (Å²) < 4.78 is 5.37. The van der Waals surface area contributed by atoms with Crippen LogP contribution in [0.25, 0.3) is 0 Å². The maximum absolute atomic E-state index is 4.46. The third-order valence-electron chi connectivity index (χ3n) is 2.53. The summed E-state index contributed by atoms with van der Waals surface area (Å²) in [5, 5.41) is 3.37. The van der Waals surface area contributed by atoms with E-state index >= 15 is 0 Å². The van der Waals surface area contributed by atoms with Crippen molar-refractivity contribution in [1.82, 2.24) is 14.7 Å². The standard InChI is InChI=1S/C11H21N3S2/c1-6-9-13-10(16-14-9)15-7-8(12-5)11(2,3)4/h8,12H,6-7H2,1-5H3. The third-order valence-corrected chi connectivity index (χ3v) is 4.50. The Morgan fingerprint density at radius 2 is 2.12 bits per heavy atom. The SMILES string of the molecule is CCc1nsc(SCC(NC)C(C)(C)C)n1. The van der Waals surface area contributed by atoms with E-state index < -0.39 is 0 Å². The second-order valence-corrected chi connectivity index (χ2v) is 6.87. The Balaban J connectivity index is 2.49. The largest absolute Gasteiger partial charge is 0.316 e. The summed E-state index contributed by atoms with van der Waals surface area (Å²) in [6.45, 7) is 8.85. The monoisotopic (exact) mass is 259 g/mol. The van der Waals surface area contributed by atoms with Crippen LogP contribution in [0.2, 0.25) is 0 Å². The average molecular weight is 259 g/mol. The quantitative estimate of drug-likeness (QED) is 0.825. The van der Waals surface area contributed by atoms with Crippen LogP contribution < -0.4 is 5.32 Å². The minimum absolute atomic E-state index is 0.278. The molecule has 0 aromatic carbocycles. The van der Waals surface area contributed by atoms with Gasteiger partial charge in [-0.3, -0.25) is 0 Å². The molecule has 0 fully saturated rings. The maximum Gasteiger partial charge on any atom is 0.170 e. The molecule has 0 radical (unpaired) electrons. The van der Waals surface area contributed by atoms with Crippen molar-refractivity contribution in [3.63, 3.8) is 0 Å². The first-order valence-corrected chi connectivity index (χ1v) is 7.36. The first-order valence-electron chi connectivity index (χ1n) is 5.60. The molecular weight excluding hydrogens is 238 g/mol. The van der Waals surface area contributed by atoms with Crippen molar-refractivity contribution in [2.45, 2.75) is 44.5 Å². The van der Waals surface area contributed by atoms with Crippen LogP contribution in [0.5, 0.6) is 0 Å². The van der Waals surface area contributed by atoms with E-state index in [0.717, 1.165) is 22.3 Å². The van der Waals surface area contributed by atoms with Crippen LogP contribution >= 0.6 is 23.3 Å². The van der Waals surface area contributed by atoms with E-state index in [1.165, 1.54) is 11.5 Å². The highest BCUT2D eigenvalue weighted by molar-refractivity contribution is 8.00. The van der Waals surface area contributed by atoms with Gasteiger partial charge in [-0.25, -0.2) is 4.98 Å². The van der Waals surface area contributed by atoms with E-state index in [0.29, 0.717) is 6.04 Å². The molecule has 1 N–H and O–H groups in total. The van der Waals surface area contributed by atoms with E-state index in [1.807, 2.05) is 7.05 Å². The predicted molar refractivity (Wildman–Crippen MR) is 72.3 cm³/mol. The summed E-state index contributed by atoms with van der Waals surface area (Å²) >= 11 is 3.31. The molecule has 0 saturated carbocycles. The number of nitrogens with one attached hydrogen (secondary N) is 1. The molecule has 1 unspecified atom stereocenters. The summed E-state index contributed by atoms with van der Waals surface area (Å²) in [6, 6.07) is 0.492. The van der Waals surface area contributed by atoms with Crippen molar-refractivity contribution in [2.75, 3.05) is 12.8 Å². The van der Waals surface area contributed by atoms with Crippen molar-refractivity contribution >= 4 is 23.3 Å². The minimum Gasteiger partial charge on any atom is -0.316 e. The van der Waals surface area contributed by atoms with E-state index in [9.17, 15) is 0 Å². The van der Waals surface area contributed by atoms with Gasteiger partial charge in [0.25, 0.3) is 0 Å². The number of rotatable bonds is 5. The number of hydrogen-bond donors (Lipinski definition) is 1. The van der Waals surface area contributed by atoms with Crippen molar-refractivity contribution in [1.29, 1.82) is 0 Å². The molecule has 1 rings (SSSR count). The Labute approximate surface area is 107 Å². The molecule has 92 valence electrons. The smallest absolute Gasteiger partial charge is 0.170 e. The van der Waals surface area contributed by atoms with E-state index in [-0.39, 0.29) is 5.41 Å². The second kappa shape index (κ2) is 5.98. The number of nitrogens with zero attached hydrogens (tertiary/aromatic N) is 2. The molecule has 0 spiro atoms. The molecule has 16 heavy (non-hydrogen) atoms. The normalized spacial score (nSPS) is 14.1. The molecule has 0 amide bonds. The molecule has 3 nitrogen and oxygen atoms in total. The van der Waals surface area contributed by atoms with Gasteiger partial charge in [0.2, 0.25) is 0 Å². The van der Waals surface area contributed by atoms with E-state index in [4.69, 9.17) is 0 Å².